The van der Waals surface area contributed by atoms with Gasteiger partial charge in [0.15, 0.2) is 0 Å². The van der Waals surface area contributed by atoms with Crippen molar-refractivity contribution in [2.24, 2.45) is 11.3 Å². The van der Waals surface area contributed by atoms with Gasteiger partial charge in [0, 0.05) is 5.41 Å². The minimum atomic E-state index is -0.951. The van der Waals surface area contributed by atoms with E-state index in [1.54, 1.807) is 0 Å². The highest BCUT2D eigenvalue weighted by Crippen LogP contribution is 2.36. The highest BCUT2D eigenvalue weighted by Gasteiger charge is 2.37. The van der Waals surface area contributed by atoms with Gasteiger partial charge in [-0.05, 0) is 18.8 Å². The summed E-state index contributed by atoms with van der Waals surface area (Å²) < 4.78 is 0. The average molecular weight is 241 g/mol. The SMILES string of the molecule is CC(C)[C@@H](NC(=O)C1(C)CCCCC1)C(=O)O. The Morgan fingerprint density at radius 3 is 2.12 bits per heavy atom. The van der Waals surface area contributed by atoms with Crippen LogP contribution in [0, 0.1) is 11.3 Å². The fourth-order valence-electron chi connectivity index (χ4n) is 2.39. The third-order valence-corrected chi connectivity index (χ3v) is 3.72. The number of carboxylic acid groups (broad SMARTS) is 1. The predicted octanol–water partition coefficient (Wildman–Crippen LogP) is 2.18. The third kappa shape index (κ3) is 3.45. The molecule has 2 N–H and O–H groups in total. The van der Waals surface area contributed by atoms with E-state index in [0.29, 0.717) is 0 Å². The van der Waals surface area contributed by atoms with E-state index < -0.39 is 12.0 Å². The summed E-state index contributed by atoms with van der Waals surface area (Å²) in [6.07, 6.45) is 5.02. The van der Waals surface area contributed by atoms with E-state index in [2.05, 4.69) is 5.32 Å². The highest BCUT2D eigenvalue weighted by molar-refractivity contribution is 5.87. The van der Waals surface area contributed by atoms with Gasteiger partial charge in [-0.2, -0.15) is 0 Å². The van der Waals surface area contributed by atoms with Crippen molar-refractivity contribution in [3.05, 3.63) is 0 Å². The minimum Gasteiger partial charge on any atom is -0.480 e. The normalized spacial score (nSPS) is 20.9. The molecule has 17 heavy (non-hydrogen) atoms. The lowest BCUT2D eigenvalue weighted by molar-refractivity contribution is -0.145. The molecule has 0 aromatic carbocycles. The van der Waals surface area contributed by atoms with Crippen molar-refractivity contribution in [2.75, 3.05) is 0 Å². The molecular formula is C13H23NO3. The maximum atomic E-state index is 12.2. The van der Waals surface area contributed by atoms with Crippen LogP contribution in [0.2, 0.25) is 0 Å². The van der Waals surface area contributed by atoms with Crippen LogP contribution in [-0.2, 0) is 9.59 Å². The Kier molecular flexibility index (Phi) is 4.54. The standard InChI is InChI=1S/C13H23NO3/c1-9(2)10(11(15)16)14-12(17)13(3)7-5-4-6-8-13/h9-10H,4-8H2,1-3H3,(H,14,17)(H,15,16)/t10-/m1/s1. The van der Waals surface area contributed by atoms with Crippen molar-refractivity contribution >= 4 is 11.9 Å². The predicted molar refractivity (Wildman–Crippen MR) is 65.6 cm³/mol. The van der Waals surface area contributed by atoms with Crippen molar-refractivity contribution < 1.29 is 14.7 Å². The molecule has 0 bridgehead atoms. The molecule has 0 aromatic rings. The molecule has 0 spiro atoms. The van der Waals surface area contributed by atoms with E-state index in [-0.39, 0.29) is 17.2 Å². The van der Waals surface area contributed by atoms with Crippen LogP contribution >= 0.6 is 0 Å². The van der Waals surface area contributed by atoms with Crippen LogP contribution in [0.25, 0.3) is 0 Å². The fourth-order valence-corrected chi connectivity index (χ4v) is 2.39. The van der Waals surface area contributed by atoms with Crippen LogP contribution in [0.1, 0.15) is 52.9 Å². The number of carbonyl (C=O) groups is 2. The van der Waals surface area contributed by atoms with Crippen molar-refractivity contribution in [1.82, 2.24) is 5.32 Å². The number of carbonyl (C=O) groups excluding carboxylic acids is 1. The molecule has 1 rings (SSSR count). The molecule has 1 aliphatic carbocycles. The molecular weight excluding hydrogens is 218 g/mol. The summed E-state index contributed by atoms with van der Waals surface area (Å²) in [5, 5.41) is 11.7. The molecule has 0 saturated heterocycles. The summed E-state index contributed by atoms with van der Waals surface area (Å²) in [5.74, 6) is -1.14. The van der Waals surface area contributed by atoms with Gasteiger partial charge in [-0.1, -0.05) is 40.0 Å². The quantitative estimate of drug-likeness (QED) is 0.792. The molecule has 1 fully saturated rings. The number of amides is 1. The Morgan fingerprint density at radius 1 is 1.18 bits per heavy atom. The summed E-state index contributed by atoms with van der Waals surface area (Å²) in [6.45, 7) is 5.56. The molecule has 0 aromatic heterocycles. The summed E-state index contributed by atoms with van der Waals surface area (Å²) >= 11 is 0. The van der Waals surface area contributed by atoms with E-state index in [1.165, 1.54) is 6.42 Å². The molecule has 1 saturated carbocycles. The maximum Gasteiger partial charge on any atom is 0.326 e. The van der Waals surface area contributed by atoms with Crippen molar-refractivity contribution in [2.45, 2.75) is 58.9 Å². The Morgan fingerprint density at radius 2 is 1.71 bits per heavy atom. The van der Waals surface area contributed by atoms with Crippen molar-refractivity contribution in [3.63, 3.8) is 0 Å². The zero-order valence-corrected chi connectivity index (χ0v) is 11.0. The molecule has 0 unspecified atom stereocenters. The number of aliphatic carboxylic acids is 1. The summed E-state index contributed by atoms with van der Waals surface area (Å²) in [5.41, 5.74) is -0.374. The first-order valence-corrected chi connectivity index (χ1v) is 6.40. The first-order valence-electron chi connectivity index (χ1n) is 6.40. The lowest BCUT2D eigenvalue weighted by Crippen LogP contribution is -2.50. The van der Waals surface area contributed by atoms with Crippen LogP contribution in [0.4, 0.5) is 0 Å². The number of nitrogens with one attached hydrogen (secondary N) is 1. The van der Waals surface area contributed by atoms with E-state index >= 15 is 0 Å². The number of rotatable bonds is 4. The number of carboxylic acids is 1. The van der Waals surface area contributed by atoms with Crippen molar-refractivity contribution in [1.29, 1.82) is 0 Å². The van der Waals surface area contributed by atoms with Crippen LogP contribution in [0.5, 0.6) is 0 Å². The Labute approximate surface area is 103 Å². The monoisotopic (exact) mass is 241 g/mol. The second-order valence-corrected chi connectivity index (χ2v) is 5.65. The molecule has 1 atom stereocenters. The third-order valence-electron chi connectivity index (χ3n) is 3.72. The van der Waals surface area contributed by atoms with Gasteiger partial charge in [-0.15, -0.1) is 0 Å². The van der Waals surface area contributed by atoms with E-state index in [1.807, 2.05) is 20.8 Å². The van der Waals surface area contributed by atoms with Gasteiger partial charge in [-0.25, -0.2) is 4.79 Å². The van der Waals surface area contributed by atoms with Gasteiger partial charge in [0.25, 0.3) is 0 Å². The minimum absolute atomic E-state index is 0.0939. The van der Waals surface area contributed by atoms with Crippen LogP contribution < -0.4 is 5.32 Å². The Hall–Kier alpha value is -1.06. The molecule has 0 radical (unpaired) electrons. The summed E-state index contributed by atoms with van der Waals surface area (Å²) in [7, 11) is 0. The van der Waals surface area contributed by atoms with Crippen LogP contribution in [-0.4, -0.2) is 23.0 Å². The van der Waals surface area contributed by atoms with Crippen LogP contribution in [0.3, 0.4) is 0 Å². The second-order valence-electron chi connectivity index (χ2n) is 5.65. The highest BCUT2D eigenvalue weighted by atomic mass is 16.4. The van der Waals surface area contributed by atoms with E-state index in [4.69, 9.17) is 5.11 Å². The van der Waals surface area contributed by atoms with E-state index in [0.717, 1.165) is 25.7 Å². The van der Waals surface area contributed by atoms with Gasteiger partial charge in [0.1, 0.15) is 6.04 Å². The van der Waals surface area contributed by atoms with Crippen molar-refractivity contribution in [3.8, 4) is 0 Å². The number of hydrogen-bond donors (Lipinski definition) is 2. The van der Waals surface area contributed by atoms with Gasteiger partial charge >= 0.3 is 5.97 Å². The molecule has 1 aliphatic rings. The van der Waals surface area contributed by atoms with Gasteiger partial charge < -0.3 is 10.4 Å². The van der Waals surface area contributed by atoms with Gasteiger partial charge in [-0.3, -0.25) is 4.79 Å². The lowest BCUT2D eigenvalue weighted by atomic mass is 9.75. The molecule has 0 heterocycles. The molecule has 4 nitrogen and oxygen atoms in total. The topological polar surface area (TPSA) is 66.4 Å². The lowest BCUT2D eigenvalue weighted by Gasteiger charge is -2.33. The molecule has 0 aliphatic heterocycles. The summed E-state index contributed by atoms with van der Waals surface area (Å²) in [4.78, 5) is 23.2. The largest absolute Gasteiger partial charge is 0.480 e. The first kappa shape index (κ1) is 14.0. The zero-order valence-electron chi connectivity index (χ0n) is 11.0. The van der Waals surface area contributed by atoms with Gasteiger partial charge in [0.05, 0.1) is 0 Å². The molecule has 1 amide bonds. The Balaban J connectivity index is 2.66. The molecule has 4 heteroatoms. The number of hydrogen-bond acceptors (Lipinski definition) is 2. The molecule has 98 valence electrons. The zero-order chi connectivity index (χ0) is 13.1. The van der Waals surface area contributed by atoms with Gasteiger partial charge in [0.2, 0.25) is 5.91 Å². The first-order chi connectivity index (χ1) is 7.87. The maximum absolute atomic E-state index is 12.2. The smallest absolute Gasteiger partial charge is 0.326 e. The fraction of sp³-hybridized carbons (Fsp3) is 0.846. The van der Waals surface area contributed by atoms with Crippen LogP contribution in [0.15, 0.2) is 0 Å². The average Bonchev–Trinajstić information content (AvgIpc) is 2.25. The second kappa shape index (κ2) is 5.52. The van der Waals surface area contributed by atoms with E-state index in [9.17, 15) is 9.59 Å². The Bertz CT molecular complexity index is 293. The summed E-state index contributed by atoms with van der Waals surface area (Å²) in [6, 6.07) is -0.777.